The number of carbonyl (C=O) groups excluding carboxylic acids is 1. The Balaban J connectivity index is 1.37. The van der Waals surface area contributed by atoms with Crippen LogP contribution in [0.25, 0.3) is 0 Å². The molecule has 5 fully saturated rings. The van der Waals surface area contributed by atoms with Crippen LogP contribution in [0.5, 0.6) is 0 Å². The molecule has 2 nitrogen and oxygen atoms in total. The molecule has 0 aromatic carbocycles. The van der Waals surface area contributed by atoms with Crippen molar-refractivity contribution in [3.63, 3.8) is 0 Å². The molecule has 29 heavy (non-hydrogen) atoms. The van der Waals surface area contributed by atoms with Crippen LogP contribution in [0.1, 0.15) is 105 Å². The summed E-state index contributed by atoms with van der Waals surface area (Å²) in [7, 11) is 0. The molecule has 1 heterocycles. The van der Waals surface area contributed by atoms with Gasteiger partial charge in [0.25, 0.3) is 0 Å². The maximum absolute atomic E-state index is 12.9. The molecule has 1 aliphatic heterocycles. The van der Waals surface area contributed by atoms with E-state index in [0.29, 0.717) is 23.7 Å². The summed E-state index contributed by atoms with van der Waals surface area (Å²) in [5.74, 6) is 5.39. The number of ether oxygens (including phenoxy) is 1. The molecule has 5 rings (SSSR count). The lowest BCUT2D eigenvalue weighted by Crippen LogP contribution is -2.49. The van der Waals surface area contributed by atoms with Gasteiger partial charge in [0.2, 0.25) is 0 Å². The van der Waals surface area contributed by atoms with Gasteiger partial charge in [-0.2, -0.15) is 0 Å². The molecule has 1 saturated heterocycles. The molecule has 0 aromatic rings. The first kappa shape index (κ1) is 20.4. The van der Waals surface area contributed by atoms with Gasteiger partial charge in [-0.25, -0.2) is 0 Å². The zero-order chi connectivity index (χ0) is 20.6. The summed E-state index contributed by atoms with van der Waals surface area (Å²) >= 11 is 0. The van der Waals surface area contributed by atoms with Crippen LogP contribution in [0, 0.1) is 52.3 Å². The summed E-state index contributed by atoms with van der Waals surface area (Å²) in [5, 5.41) is 0. The third kappa shape index (κ3) is 2.82. The quantitative estimate of drug-likeness (QED) is 0.464. The largest absolute Gasteiger partial charge is 0.458 e. The highest BCUT2D eigenvalue weighted by Crippen LogP contribution is 2.75. The number of hydrogen-bond donors (Lipinski definition) is 0. The molecule has 0 radical (unpaired) electrons. The molecule has 0 amide bonds. The van der Waals surface area contributed by atoms with Gasteiger partial charge in [-0.15, -0.1) is 0 Å². The van der Waals surface area contributed by atoms with E-state index in [1.807, 2.05) is 0 Å². The lowest BCUT2D eigenvalue weighted by molar-refractivity contribution is -0.157. The summed E-state index contributed by atoms with van der Waals surface area (Å²) in [4.78, 5) is 12.9. The van der Waals surface area contributed by atoms with Crippen LogP contribution in [0.4, 0.5) is 0 Å². The Morgan fingerprint density at radius 3 is 2.52 bits per heavy atom. The zero-order valence-electron chi connectivity index (χ0n) is 19.6. The third-order valence-corrected chi connectivity index (χ3v) is 11.2. The van der Waals surface area contributed by atoms with E-state index >= 15 is 0 Å². The number of esters is 1. The van der Waals surface area contributed by atoms with Crippen molar-refractivity contribution in [1.29, 1.82) is 0 Å². The van der Waals surface area contributed by atoms with E-state index < -0.39 is 0 Å². The fourth-order valence-electron chi connectivity index (χ4n) is 9.59. The Bertz CT molecular complexity index is 669. The highest BCUT2D eigenvalue weighted by molar-refractivity contribution is 5.72. The third-order valence-electron chi connectivity index (χ3n) is 11.2. The summed E-state index contributed by atoms with van der Waals surface area (Å²) < 4.78 is 6.28. The normalized spacial score (nSPS) is 51.5. The van der Waals surface area contributed by atoms with Crippen LogP contribution >= 0.6 is 0 Å². The van der Waals surface area contributed by atoms with Crippen LogP contribution in [-0.4, -0.2) is 11.6 Å². The molecule has 0 N–H and O–H groups in total. The predicted molar refractivity (Wildman–Crippen MR) is 117 cm³/mol. The second-order valence-corrected chi connectivity index (χ2v) is 12.8. The minimum absolute atomic E-state index is 0.0562. The van der Waals surface area contributed by atoms with E-state index in [0.717, 1.165) is 36.0 Å². The van der Waals surface area contributed by atoms with Crippen LogP contribution in [0.2, 0.25) is 0 Å². The van der Waals surface area contributed by atoms with E-state index in [1.54, 1.807) is 0 Å². The second-order valence-electron chi connectivity index (χ2n) is 12.8. The first-order valence-electron chi connectivity index (χ1n) is 12.9. The van der Waals surface area contributed by atoms with Gasteiger partial charge in [0, 0.05) is 17.8 Å². The van der Waals surface area contributed by atoms with Crippen molar-refractivity contribution < 1.29 is 9.53 Å². The highest BCUT2D eigenvalue weighted by Gasteiger charge is 2.76. The molecule has 4 aliphatic carbocycles. The Morgan fingerprint density at radius 2 is 1.79 bits per heavy atom. The molecule has 1 spiro atoms. The molecular weight excluding hydrogens is 356 g/mol. The summed E-state index contributed by atoms with van der Waals surface area (Å²) in [6.45, 7) is 12.4. The first-order valence-corrected chi connectivity index (χ1v) is 12.9. The molecule has 9 atom stereocenters. The Labute approximate surface area is 178 Å². The fraction of sp³-hybridized carbons (Fsp3) is 0.963. The maximum atomic E-state index is 12.9. The van der Waals surface area contributed by atoms with Gasteiger partial charge >= 0.3 is 5.97 Å². The van der Waals surface area contributed by atoms with Crippen LogP contribution < -0.4 is 0 Å². The van der Waals surface area contributed by atoms with E-state index in [-0.39, 0.29) is 17.0 Å². The molecule has 5 aliphatic rings. The molecule has 0 aromatic heterocycles. The van der Waals surface area contributed by atoms with Gasteiger partial charge in [-0.3, -0.25) is 4.79 Å². The van der Waals surface area contributed by atoms with E-state index in [4.69, 9.17) is 4.74 Å². The molecule has 0 bridgehead atoms. The second kappa shape index (κ2) is 6.73. The minimum atomic E-state index is -0.0562. The standard InChI is InChI=1S/C27H44O2/c1-17(2)7-6-8-18(3)21-9-10-22-20-15-24(28)29-27-16-19(27)11-14-26(27,5)23(20)12-13-25(21,22)4/h17-23H,6-16H2,1-5H3. The molecule has 2 heteroatoms. The average molecular weight is 401 g/mol. The Morgan fingerprint density at radius 1 is 1.00 bits per heavy atom. The number of hydrogen-bond acceptors (Lipinski definition) is 2. The van der Waals surface area contributed by atoms with Gasteiger partial charge in [0.15, 0.2) is 0 Å². The lowest BCUT2D eigenvalue weighted by atomic mass is 9.50. The van der Waals surface area contributed by atoms with Gasteiger partial charge in [-0.05, 0) is 85.9 Å². The maximum Gasteiger partial charge on any atom is 0.306 e. The molecule has 164 valence electrons. The first-order chi connectivity index (χ1) is 13.7. The average Bonchev–Trinajstić information content (AvgIpc) is 3.16. The van der Waals surface area contributed by atoms with Gasteiger partial charge in [0.1, 0.15) is 5.60 Å². The van der Waals surface area contributed by atoms with E-state index in [2.05, 4.69) is 34.6 Å². The topological polar surface area (TPSA) is 26.3 Å². The van der Waals surface area contributed by atoms with Crippen molar-refractivity contribution in [2.24, 2.45) is 52.3 Å². The molecule has 4 saturated carbocycles. The van der Waals surface area contributed by atoms with Crippen molar-refractivity contribution in [2.75, 3.05) is 0 Å². The predicted octanol–water partition coefficient (Wildman–Crippen LogP) is 7.01. The van der Waals surface area contributed by atoms with Crippen LogP contribution in [0.3, 0.4) is 0 Å². The van der Waals surface area contributed by atoms with Gasteiger partial charge in [0.05, 0.1) is 0 Å². The van der Waals surface area contributed by atoms with Gasteiger partial charge in [-0.1, -0.05) is 53.9 Å². The Kier molecular flexibility index (Phi) is 4.73. The minimum Gasteiger partial charge on any atom is -0.458 e. The fourth-order valence-corrected chi connectivity index (χ4v) is 9.59. The highest BCUT2D eigenvalue weighted by atomic mass is 16.6. The SMILES string of the molecule is CC(C)CCCC(C)C1CCC2C3CC(=O)OC45CC4CCC5(C)C3CCC12C. The van der Waals surface area contributed by atoms with Crippen molar-refractivity contribution in [3.05, 3.63) is 0 Å². The van der Waals surface area contributed by atoms with E-state index in [9.17, 15) is 4.79 Å². The Hall–Kier alpha value is -0.530. The lowest BCUT2D eigenvalue weighted by Gasteiger charge is -2.54. The summed E-state index contributed by atoms with van der Waals surface area (Å²) in [6.07, 6.45) is 14.1. The van der Waals surface area contributed by atoms with Crippen molar-refractivity contribution >= 4 is 5.97 Å². The summed E-state index contributed by atoms with van der Waals surface area (Å²) in [5.41, 5.74) is 0.657. The zero-order valence-corrected chi connectivity index (χ0v) is 19.6. The van der Waals surface area contributed by atoms with Crippen molar-refractivity contribution in [1.82, 2.24) is 0 Å². The number of rotatable bonds is 5. The number of fused-ring (bicyclic) bond motifs is 4. The van der Waals surface area contributed by atoms with Gasteiger partial charge < -0.3 is 4.74 Å². The smallest absolute Gasteiger partial charge is 0.306 e. The van der Waals surface area contributed by atoms with Crippen LogP contribution in [0.15, 0.2) is 0 Å². The van der Waals surface area contributed by atoms with Crippen molar-refractivity contribution in [2.45, 2.75) is 111 Å². The van der Waals surface area contributed by atoms with Crippen molar-refractivity contribution in [3.8, 4) is 0 Å². The van der Waals surface area contributed by atoms with E-state index in [1.165, 1.54) is 57.8 Å². The summed E-state index contributed by atoms with van der Waals surface area (Å²) in [6, 6.07) is 0. The monoisotopic (exact) mass is 400 g/mol. The van der Waals surface area contributed by atoms with Crippen LogP contribution in [-0.2, 0) is 9.53 Å². The molecular formula is C27H44O2. The molecule has 9 unspecified atom stereocenters. The number of carbonyl (C=O) groups is 1.